The van der Waals surface area contributed by atoms with Crippen LogP contribution in [0.2, 0.25) is 0 Å². The highest BCUT2D eigenvalue weighted by molar-refractivity contribution is 5.41. The lowest BCUT2D eigenvalue weighted by Gasteiger charge is -2.35. The number of rotatable bonds is 3. The minimum atomic E-state index is 0.0857. The standard InChI is InChI=1S/C17H25NO2/c1-17(2)12-20-14(10-18-17)11-19-16-9-5-7-13-6-3-4-8-15(13)16/h5,7,9,14,18H,3-4,6,8,10-12H2,1-2H3. The molecular weight excluding hydrogens is 250 g/mol. The Balaban J connectivity index is 1.59. The molecule has 0 aromatic heterocycles. The van der Waals surface area contributed by atoms with E-state index in [1.54, 1.807) is 0 Å². The fourth-order valence-electron chi connectivity index (χ4n) is 3.00. The summed E-state index contributed by atoms with van der Waals surface area (Å²) in [5, 5.41) is 3.50. The first-order chi connectivity index (χ1) is 9.64. The summed E-state index contributed by atoms with van der Waals surface area (Å²) in [6.07, 6.45) is 5.09. The summed E-state index contributed by atoms with van der Waals surface area (Å²) in [4.78, 5) is 0. The van der Waals surface area contributed by atoms with Gasteiger partial charge in [0.15, 0.2) is 0 Å². The minimum Gasteiger partial charge on any atom is -0.491 e. The topological polar surface area (TPSA) is 30.5 Å². The first-order valence-electron chi connectivity index (χ1n) is 7.74. The van der Waals surface area contributed by atoms with Gasteiger partial charge in [0.2, 0.25) is 0 Å². The van der Waals surface area contributed by atoms with Gasteiger partial charge in [0, 0.05) is 12.1 Å². The van der Waals surface area contributed by atoms with Crippen molar-refractivity contribution in [3.63, 3.8) is 0 Å². The predicted molar refractivity (Wildman–Crippen MR) is 80.4 cm³/mol. The number of nitrogens with one attached hydrogen (secondary N) is 1. The summed E-state index contributed by atoms with van der Waals surface area (Å²) in [5.41, 5.74) is 2.98. The fraction of sp³-hybridized carbons (Fsp3) is 0.647. The van der Waals surface area contributed by atoms with Crippen molar-refractivity contribution >= 4 is 0 Å². The summed E-state index contributed by atoms with van der Waals surface area (Å²) >= 11 is 0. The van der Waals surface area contributed by atoms with E-state index in [1.165, 1.54) is 30.4 Å². The van der Waals surface area contributed by atoms with Crippen LogP contribution in [0.1, 0.15) is 37.8 Å². The van der Waals surface area contributed by atoms with Crippen molar-refractivity contribution in [1.82, 2.24) is 5.32 Å². The van der Waals surface area contributed by atoms with Crippen LogP contribution in [0.3, 0.4) is 0 Å². The van der Waals surface area contributed by atoms with Crippen LogP contribution in [-0.2, 0) is 17.6 Å². The van der Waals surface area contributed by atoms with Crippen molar-refractivity contribution in [3.05, 3.63) is 29.3 Å². The molecule has 1 N–H and O–H groups in total. The van der Waals surface area contributed by atoms with E-state index >= 15 is 0 Å². The Morgan fingerprint density at radius 1 is 1.30 bits per heavy atom. The molecule has 0 spiro atoms. The Kier molecular flexibility index (Phi) is 3.99. The van der Waals surface area contributed by atoms with Crippen molar-refractivity contribution in [1.29, 1.82) is 0 Å². The molecule has 1 aliphatic heterocycles. The third kappa shape index (κ3) is 3.15. The largest absolute Gasteiger partial charge is 0.491 e. The highest BCUT2D eigenvalue weighted by Gasteiger charge is 2.27. The molecule has 0 bridgehead atoms. The van der Waals surface area contributed by atoms with Crippen molar-refractivity contribution in [3.8, 4) is 5.75 Å². The molecule has 2 aliphatic rings. The zero-order valence-corrected chi connectivity index (χ0v) is 12.6. The van der Waals surface area contributed by atoms with Crippen LogP contribution in [0.4, 0.5) is 0 Å². The van der Waals surface area contributed by atoms with Gasteiger partial charge in [-0.2, -0.15) is 0 Å². The number of hydrogen-bond donors (Lipinski definition) is 1. The van der Waals surface area contributed by atoms with Crippen molar-refractivity contribution in [2.24, 2.45) is 0 Å². The molecule has 1 aromatic rings. The van der Waals surface area contributed by atoms with E-state index in [9.17, 15) is 0 Å². The fourth-order valence-corrected chi connectivity index (χ4v) is 3.00. The number of ether oxygens (including phenoxy) is 2. The first-order valence-corrected chi connectivity index (χ1v) is 7.74. The minimum absolute atomic E-state index is 0.0857. The SMILES string of the molecule is CC1(C)COC(COc2cccc3c2CCCC3)CN1. The zero-order chi connectivity index (χ0) is 14.0. The first kappa shape index (κ1) is 13.9. The second-order valence-corrected chi connectivity index (χ2v) is 6.61. The lowest BCUT2D eigenvalue weighted by Crippen LogP contribution is -2.54. The monoisotopic (exact) mass is 275 g/mol. The zero-order valence-electron chi connectivity index (χ0n) is 12.6. The number of aryl methyl sites for hydroxylation is 1. The molecule has 3 nitrogen and oxygen atoms in total. The van der Waals surface area contributed by atoms with Crippen LogP contribution in [0.25, 0.3) is 0 Å². The molecule has 0 saturated carbocycles. The quantitative estimate of drug-likeness (QED) is 0.920. The van der Waals surface area contributed by atoms with Crippen LogP contribution in [0.15, 0.2) is 18.2 Å². The lowest BCUT2D eigenvalue weighted by molar-refractivity contribution is -0.0413. The molecular formula is C17H25NO2. The molecule has 0 radical (unpaired) electrons. The van der Waals surface area contributed by atoms with Gasteiger partial charge in [-0.05, 0) is 56.7 Å². The van der Waals surface area contributed by atoms with E-state index in [4.69, 9.17) is 9.47 Å². The van der Waals surface area contributed by atoms with E-state index in [0.717, 1.165) is 25.3 Å². The number of fused-ring (bicyclic) bond motifs is 1. The normalized spacial score (nSPS) is 25.0. The summed E-state index contributed by atoms with van der Waals surface area (Å²) in [6, 6.07) is 6.45. The van der Waals surface area contributed by atoms with Crippen molar-refractivity contribution in [2.75, 3.05) is 19.8 Å². The molecule has 1 atom stereocenters. The Morgan fingerprint density at radius 3 is 2.95 bits per heavy atom. The third-order valence-electron chi connectivity index (χ3n) is 4.27. The number of hydrogen-bond acceptors (Lipinski definition) is 3. The third-order valence-corrected chi connectivity index (χ3v) is 4.27. The molecule has 1 fully saturated rings. The summed E-state index contributed by atoms with van der Waals surface area (Å²) in [5.74, 6) is 1.07. The van der Waals surface area contributed by atoms with Gasteiger partial charge in [-0.3, -0.25) is 0 Å². The number of morpholine rings is 1. The van der Waals surface area contributed by atoms with Gasteiger partial charge < -0.3 is 14.8 Å². The summed E-state index contributed by atoms with van der Waals surface area (Å²) in [6.45, 7) is 6.57. The second kappa shape index (κ2) is 5.74. The molecule has 1 unspecified atom stereocenters. The van der Waals surface area contributed by atoms with Gasteiger partial charge in [-0.1, -0.05) is 12.1 Å². The lowest BCUT2D eigenvalue weighted by atomic mass is 9.91. The summed E-state index contributed by atoms with van der Waals surface area (Å²) in [7, 11) is 0. The molecule has 1 aromatic carbocycles. The van der Waals surface area contributed by atoms with Crippen LogP contribution in [0.5, 0.6) is 5.75 Å². The average molecular weight is 275 g/mol. The molecule has 1 heterocycles. The Morgan fingerprint density at radius 2 is 2.15 bits per heavy atom. The average Bonchev–Trinajstić information content (AvgIpc) is 2.46. The smallest absolute Gasteiger partial charge is 0.122 e. The van der Waals surface area contributed by atoms with Gasteiger partial charge >= 0.3 is 0 Å². The van der Waals surface area contributed by atoms with Gasteiger partial charge in [-0.25, -0.2) is 0 Å². The maximum Gasteiger partial charge on any atom is 0.122 e. The molecule has 1 aliphatic carbocycles. The van der Waals surface area contributed by atoms with Crippen molar-refractivity contribution in [2.45, 2.75) is 51.2 Å². The van der Waals surface area contributed by atoms with Crippen molar-refractivity contribution < 1.29 is 9.47 Å². The van der Waals surface area contributed by atoms with Gasteiger partial charge in [0.05, 0.1) is 6.61 Å². The molecule has 0 amide bonds. The Labute approximate surface area is 121 Å². The highest BCUT2D eigenvalue weighted by Crippen LogP contribution is 2.29. The van der Waals surface area contributed by atoms with Crippen LogP contribution in [-0.4, -0.2) is 31.4 Å². The molecule has 110 valence electrons. The molecule has 20 heavy (non-hydrogen) atoms. The maximum atomic E-state index is 6.05. The molecule has 3 heteroatoms. The number of benzene rings is 1. The molecule has 1 saturated heterocycles. The van der Waals surface area contributed by atoms with Gasteiger partial charge in [0.25, 0.3) is 0 Å². The maximum absolute atomic E-state index is 6.05. The van der Waals surface area contributed by atoms with Gasteiger partial charge in [0.1, 0.15) is 18.5 Å². The van der Waals surface area contributed by atoms with Crippen LogP contribution in [0, 0.1) is 0 Å². The van der Waals surface area contributed by atoms with Gasteiger partial charge in [-0.15, -0.1) is 0 Å². The predicted octanol–water partition coefficient (Wildman–Crippen LogP) is 2.71. The van der Waals surface area contributed by atoms with Crippen LogP contribution < -0.4 is 10.1 Å². The highest BCUT2D eigenvalue weighted by atomic mass is 16.5. The van der Waals surface area contributed by atoms with E-state index in [1.807, 2.05) is 0 Å². The second-order valence-electron chi connectivity index (χ2n) is 6.61. The van der Waals surface area contributed by atoms with E-state index < -0.39 is 0 Å². The van der Waals surface area contributed by atoms with E-state index in [-0.39, 0.29) is 11.6 Å². The summed E-state index contributed by atoms with van der Waals surface area (Å²) < 4.78 is 11.9. The van der Waals surface area contributed by atoms with E-state index in [0.29, 0.717) is 6.61 Å². The molecule has 3 rings (SSSR count). The van der Waals surface area contributed by atoms with E-state index in [2.05, 4.69) is 37.4 Å². The Hall–Kier alpha value is -1.06. The van der Waals surface area contributed by atoms with Crippen LogP contribution >= 0.6 is 0 Å². The Bertz CT molecular complexity index is 460.